The van der Waals surface area contributed by atoms with Gasteiger partial charge in [-0.15, -0.1) is 0 Å². The van der Waals surface area contributed by atoms with Crippen molar-refractivity contribution in [2.45, 2.75) is 38.6 Å². The third-order valence-corrected chi connectivity index (χ3v) is 4.04. The van der Waals surface area contributed by atoms with Gasteiger partial charge in [0.05, 0.1) is 15.8 Å². The van der Waals surface area contributed by atoms with Crippen LogP contribution in [0, 0.1) is 5.82 Å². The molecule has 2 N–H and O–H groups in total. The lowest BCUT2D eigenvalue weighted by Crippen LogP contribution is -2.33. The molecule has 0 amide bonds. The summed E-state index contributed by atoms with van der Waals surface area (Å²) in [4.78, 5) is 2.30. The van der Waals surface area contributed by atoms with E-state index in [1.807, 2.05) is 0 Å². The topological polar surface area (TPSA) is 29.3 Å². The van der Waals surface area contributed by atoms with Gasteiger partial charge in [0, 0.05) is 18.7 Å². The quantitative estimate of drug-likeness (QED) is 0.796. The minimum absolute atomic E-state index is 0.297. The van der Waals surface area contributed by atoms with E-state index >= 15 is 0 Å². The lowest BCUT2D eigenvalue weighted by Gasteiger charge is -2.30. The Morgan fingerprint density at radius 2 is 2.12 bits per heavy atom. The van der Waals surface area contributed by atoms with E-state index in [9.17, 15) is 4.39 Å². The Balaban J connectivity index is 2.34. The zero-order chi connectivity index (χ0) is 12.4. The van der Waals surface area contributed by atoms with Gasteiger partial charge < -0.3 is 10.6 Å². The third-order valence-electron chi connectivity index (χ3n) is 3.43. The Labute approximate surface area is 110 Å². The summed E-state index contributed by atoms with van der Waals surface area (Å²) >= 11 is 3.23. The highest BCUT2D eigenvalue weighted by Crippen LogP contribution is 2.33. The van der Waals surface area contributed by atoms with E-state index in [0.29, 0.717) is 16.2 Å². The molecule has 17 heavy (non-hydrogen) atoms. The van der Waals surface area contributed by atoms with Crippen LogP contribution < -0.4 is 10.6 Å². The lowest BCUT2D eigenvalue weighted by molar-refractivity contribution is 0.609. The zero-order valence-electron chi connectivity index (χ0n) is 10.0. The number of anilines is 2. The molecule has 4 heteroatoms. The van der Waals surface area contributed by atoms with Crippen LogP contribution in [0.4, 0.5) is 15.8 Å². The van der Waals surface area contributed by atoms with E-state index in [2.05, 4.69) is 27.8 Å². The van der Waals surface area contributed by atoms with Crippen molar-refractivity contribution < 1.29 is 4.39 Å². The first-order chi connectivity index (χ1) is 8.09. The van der Waals surface area contributed by atoms with Gasteiger partial charge in [-0.05, 0) is 41.8 Å². The number of nitrogens with zero attached hydrogens (tertiary/aromatic N) is 1. The second kappa shape index (κ2) is 5.25. The summed E-state index contributed by atoms with van der Waals surface area (Å²) in [5.41, 5.74) is 7.41. The Bertz CT molecular complexity index is 409. The van der Waals surface area contributed by atoms with Gasteiger partial charge in [-0.3, -0.25) is 0 Å². The number of rotatable bonds is 1. The average Bonchev–Trinajstić information content (AvgIpc) is 2.49. The summed E-state index contributed by atoms with van der Waals surface area (Å²) in [5, 5.41) is 0. The van der Waals surface area contributed by atoms with Crippen molar-refractivity contribution in [2.24, 2.45) is 0 Å². The molecule has 0 saturated carbocycles. The fourth-order valence-corrected chi connectivity index (χ4v) is 2.76. The standard InChI is InChI=1S/C13H18BrFN2/c1-9-5-3-2-4-6-17(9)13-7-10(14)11(15)8-12(13)16/h7-9H,2-6,16H2,1H3. The van der Waals surface area contributed by atoms with Gasteiger partial charge in [0.2, 0.25) is 0 Å². The van der Waals surface area contributed by atoms with E-state index in [1.165, 1.54) is 31.7 Å². The van der Waals surface area contributed by atoms with Crippen LogP contribution >= 0.6 is 15.9 Å². The van der Waals surface area contributed by atoms with Crippen molar-refractivity contribution in [1.29, 1.82) is 0 Å². The average molecular weight is 301 g/mol. The summed E-state index contributed by atoms with van der Waals surface area (Å²) in [5.74, 6) is -0.297. The first-order valence-electron chi connectivity index (χ1n) is 6.10. The zero-order valence-corrected chi connectivity index (χ0v) is 11.6. The molecule has 0 aromatic heterocycles. The Kier molecular flexibility index (Phi) is 3.92. The van der Waals surface area contributed by atoms with E-state index in [-0.39, 0.29) is 5.82 Å². The highest BCUT2D eigenvalue weighted by molar-refractivity contribution is 9.10. The molecule has 1 aromatic carbocycles. The van der Waals surface area contributed by atoms with Gasteiger partial charge >= 0.3 is 0 Å². The van der Waals surface area contributed by atoms with Crippen molar-refractivity contribution in [2.75, 3.05) is 17.2 Å². The maximum atomic E-state index is 13.4. The van der Waals surface area contributed by atoms with Crippen LogP contribution in [0.25, 0.3) is 0 Å². The van der Waals surface area contributed by atoms with Crippen LogP contribution in [0.2, 0.25) is 0 Å². The van der Waals surface area contributed by atoms with Crippen LogP contribution in [-0.4, -0.2) is 12.6 Å². The molecule has 0 aliphatic carbocycles. The van der Waals surface area contributed by atoms with Crippen molar-refractivity contribution in [3.05, 3.63) is 22.4 Å². The van der Waals surface area contributed by atoms with E-state index < -0.39 is 0 Å². The molecule has 1 saturated heterocycles. The maximum absolute atomic E-state index is 13.4. The normalized spacial score (nSPS) is 21.4. The fraction of sp³-hybridized carbons (Fsp3) is 0.538. The van der Waals surface area contributed by atoms with Crippen LogP contribution in [-0.2, 0) is 0 Å². The predicted molar refractivity (Wildman–Crippen MR) is 73.8 cm³/mol. The van der Waals surface area contributed by atoms with E-state index in [1.54, 1.807) is 6.07 Å². The molecule has 1 aromatic rings. The number of halogens is 2. The predicted octanol–water partition coefficient (Wildman–Crippen LogP) is 3.94. The molecule has 1 atom stereocenters. The second-order valence-corrected chi connectivity index (χ2v) is 5.57. The molecule has 2 rings (SSSR count). The maximum Gasteiger partial charge on any atom is 0.139 e. The van der Waals surface area contributed by atoms with E-state index in [4.69, 9.17) is 5.73 Å². The minimum Gasteiger partial charge on any atom is -0.397 e. The summed E-state index contributed by atoms with van der Waals surface area (Å²) in [6, 6.07) is 3.67. The van der Waals surface area contributed by atoms with Gasteiger partial charge in [-0.25, -0.2) is 4.39 Å². The van der Waals surface area contributed by atoms with Gasteiger partial charge in [-0.2, -0.15) is 0 Å². The van der Waals surface area contributed by atoms with Crippen LogP contribution in [0.3, 0.4) is 0 Å². The Morgan fingerprint density at radius 1 is 1.35 bits per heavy atom. The highest BCUT2D eigenvalue weighted by Gasteiger charge is 2.20. The van der Waals surface area contributed by atoms with Gasteiger partial charge in [0.25, 0.3) is 0 Å². The number of nitrogen functional groups attached to an aromatic ring is 1. The molecule has 94 valence electrons. The summed E-state index contributed by atoms with van der Waals surface area (Å²) in [6.45, 7) is 3.21. The largest absolute Gasteiger partial charge is 0.397 e. The van der Waals surface area contributed by atoms with Crippen molar-refractivity contribution in [1.82, 2.24) is 0 Å². The summed E-state index contributed by atoms with van der Waals surface area (Å²) in [7, 11) is 0. The van der Waals surface area contributed by atoms with Crippen LogP contribution in [0.15, 0.2) is 16.6 Å². The molecule has 0 radical (unpaired) electrons. The molecule has 1 aliphatic rings. The van der Waals surface area contributed by atoms with E-state index in [0.717, 1.165) is 12.2 Å². The lowest BCUT2D eigenvalue weighted by atomic mass is 10.1. The fourth-order valence-electron chi connectivity index (χ4n) is 2.43. The number of hydrogen-bond acceptors (Lipinski definition) is 2. The monoisotopic (exact) mass is 300 g/mol. The first-order valence-corrected chi connectivity index (χ1v) is 6.90. The Hall–Kier alpha value is -0.770. The summed E-state index contributed by atoms with van der Waals surface area (Å²) in [6.07, 6.45) is 4.89. The molecular weight excluding hydrogens is 283 g/mol. The second-order valence-electron chi connectivity index (χ2n) is 4.72. The van der Waals surface area contributed by atoms with Crippen LogP contribution in [0.1, 0.15) is 32.6 Å². The number of nitrogens with two attached hydrogens (primary N) is 1. The van der Waals surface area contributed by atoms with Crippen molar-refractivity contribution in [3.63, 3.8) is 0 Å². The molecule has 1 heterocycles. The molecule has 2 nitrogen and oxygen atoms in total. The van der Waals surface area contributed by atoms with Crippen LogP contribution in [0.5, 0.6) is 0 Å². The molecule has 1 fully saturated rings. The van der Waals surface area contributed by atoms with Gasteiger partial charge in [0.1, 0.15) is 5.82 Å². The van der Waals surface area contributed by atoms with Gasteiger partial charge in [0.15, 0.2) is 0 Å². The number of hydrogen-bond donors (Lipinski definition) is 1. The smallest absolute Gasteiger partial charge is 0.139 e. The molecule has 0 bridgehead atoms. The first kappa shape index (κ1) is 12.7. The van der Waals surface area contributed by atoms with Crippen molar-refractivity contribution >= 4 is 27.3 Å². The Morgan fingerprint density at radius 3 is 2.88 bits per heavy atom. The molecule has 1 unspecified atom stereocenters. The molecule has 0 spiro atoms. The SMILES string of the molecule is CC1CCCCCN1c1cc(Br)c(F)cc1N. The highest BCUT2D eigenvalue weighted by atomic mass is 79.9. The third kappa shape index (κ3) is 2.73. The van der Waals surface area contributed by atoms with Crippen molar-refractivity contribution in [3.8, 4) is 0 Å². The minimum atomic E-state index is -0.297. The molecule has 1 aliphatic heterocycles. The summed E-state index contributed by atoms with van der Waals surface area (Å²) < 4.78 is 13.8. The number of benzene rings is 1. The van der Waals surface area contributed by atoms with Gasteiger partial charge in [-0.1, -0.05) is 12.8 Å². The molecular formula is C13H18BrFN2.